The number of fused-ring (bicyclic) bond motifs is 1. The third-order valence-corrected chi connectivity index (χ3v) is 5.36. The van der Waals surface area contributed by atoms with Crippen molar-refractivity contribution in [3.05, 3.63) is 50.1 Å². The Bertz CT molecular complexity index is 791. The number of nitrogens with one attached hydrogen (secondary N) is 1. The molecule has 0 spiro atoms. The molecule has 0 saturated carbocycles. The van der Waals surface area contributed by atoms with Crippen molar-refractivity contribution in [3.63, 3.8) is 0 Å². The van der Waals surface area contributed by atoms with Gasteiger partial charge in [-0.3, -0.25) is 4.79 Å². The number of hydrogen-bond donors (Lipinski definition) is 1. The Labute approximate surface area is 121 Å². The molecule has 2 aromatic heterocycles. The average Bonchev–Trinajstić information content (AvgIpc) is 2.78. The first-order valence-electron chi connectivity index (χ1n) is 5.39. The molecule has 0 fully saturated rings. The lowest BCUT2D eigenvalue weighted by Gasteiger charge is -2.03. The second-order valence-corrected chi connectivity index (χ2v) is 6.12. The van der Waals surface area contributed by atoms with E-state index in [1.54, 1.807) is 0 Å². The number of benzene rings is 1. The lowest BCUT2D eigenvalue weighted by molar-refractivity contribution is 1.18. The number of aromatic nitrogens is 2. The molecule has 2 heterocycles. The van der Waals surface area contributed by atoms with E-state index in [0.29, 0.717) is 4.70 Å². The SMILES string of the molecule is Cc1cccc(-c2cc3nc[nH]c(=O)c3s2)c1I. The minimum Gasteiger partial charge on any atom is -0.312 e. The third-order valence-electron chi connectivity index (χ3n) is 2.78. The standard InChI is InChI=1S/C13H9IN2OS/c1-7-3-2-4-8(11(7)14)10-5-9-12(18-10)13(17)16-6-15-9/h2-6H,1H3,(H,15,16,17). The van der Waals surface area contributed by atoms with E-state index < -0.39 is 0 Å². The maximum absolute atomic E-state index is 11.7. The maximum atomic E-state index is 11.7. The lowest BCUT2D eigenvalue weighted by atomic mass is 10.1. The largest absolute Gasteiger partial charge is 0.312 e. The molecule has 18 heavy (non-hydrogen) atoms. The minimum absolute atomic E-state index is 0.0705. The van der Waals surface area contributed by atoms with Gasteiger partial charge in [-0.1, -0.05) is 18.2 Å². The van der Waals surface area contributed by atoms with Crippen molar-refractivity contribution in [2.75, 3.05) is 0 Å². The monoisotopic (exact) mass is 368 g/mol. The van der Waals surface area contributed by atoms with Crippen LogP contribution < -0.4 is 5.56 Å². The highest BCUT2D eigenvalue weighted by Crippen LogP contribution is 2.34. The van der Waals surface area contributed by atoms with Crippen LogP contribution in [0.4, 0.5) is 0 Å². The number of nitrogens with zero attached hydrogens (tertiary/aromatic N) is 1. The second kappa shape index (κ2) is 4.47. The molecule has 0 aliphatic carbocycles. The number of H-pyrrole nitrogens is 1. The number of aromatic amines is 1. The summed E-state index contributed by atoms with van der Waals surface area (Å²) in [6.45, 7) is 2.09. The molecule has 5 heteroatoms. The number of hydrogen-bond acceptors (Lipinski definition) is 3. The zero-order valence-electron chi connectivity index (χ0n) is 9.53. The molecule has 3 aromatic rings. The average molecular weight is 368 g/mol. The number of halogens is 1. The van der Waals surface area contributed by atoms with Gasteiger partial charge in [0.25, 0.3) is 5.56 Å². The molecular formula is C13H9IN2OS. The van der Waals surface area contributed by atoms with Gasteiger partial charge in [-0.25, -0.2) is 4.98 Å². The fraction of sp³-hybridized carbons (Fsp3) is 0.0769. The van der Waals surface area contributed by atoms with Gasteiger partial charge in [-0.2, -0.15) is 0 Å². The molecule has 1 aromatic carbocycles. The fourth-order valence-electron chi connectivity index (χ4n) is 1.84. The summed E-state index contributed by atoms with van der Waals surface area (Å²) in [5.41, 5.74) is 3.10. The molecule has 0 atom stereocenters. The molecular weight excluding hydrogens is 359 g/mol. The van der Waals surface area contributed by atoms with Crippen LogP contribution in [0.1, 0.15) is 5.56 Å². The van der Waals surface area contributed by atoms with Crippen LogP contribution in [0.2, 0.25) is 0 Å². The van der Waals surface area contributed by atoms with Crippen LogP contribution >= 0.6 is 33.9 Å². The van der Waals surface area contributed by atoms with E-state index >= 15 is 0 Å². The summed E-state index contributed by atoms with van der Waals surface area (Å²) in [6.07, 6.45) is 1.45. The summed E-state index contributed by atoms with van der Waals surface area (Å²) in [5.74, 6) is 0. The molecule has 0 amide bonds. The van der Waals surface area contributed by atoms with E-state index in [0.717, 1.165) is 16.0 Å². The Hall–Kier alpha value is -1.21. The highest BCUT2D eigenvalue weighted by molar-refractivity contribution is 14.1. The lowest BCUT2D eigenvalue weighted by Crippen LogP contribution is -2.02. The van der Waals surface area contributed by atoms with Gasteiger partial charge in [0.05, 0.1) is 11.8 Å². The molecule has 0 radical (unpaired) electrons. The van der Waals surface area contributed by atoms with Gasteiger partial charge in [0.2, 0.25) is 0 Å². The smallest absolute Gasteiger partial charge is 0.268 e. The summed E-state index contributed by atoms with van der Waals surface area (Å²) in [6, 6.07) is 8.18. The van der Waals surface area contributed by atoms with Gasteiger partial charge in [0, 0.05) is 14.0 Å². The van der Waals surface area contributed by atoms with Gasteiger partial charge in [-0.05, 0) is 41.1 Å². The Morgan fingerprint density at radius 2 is 2.22 bits per heavy atom. The fourth-order valence-corrected chi connectivity index (χ4v) is 3.71. The Balaban J connectivity index is 2.29. The van der Waals surface area contributed by atoms with Crippen molar-refractivity contribution >= 4 is 44.1 Å². The molecule has 0 bridgehead atoms. The minimum atomic E-state index is -0.0705. The Kier molecular flexibility index (Phi) is 2.95. The number of rotatable bonds is 1. The third kappa shape index (κ3) is 1.87. The van der Waals surface area contributed by atoms with Crippen molar-refractivity contribution in [3.8, 4) is 10.4 Å². The summed E-state index contributed by atoms with van der Waals surface area (Å²) in [4.78, 5) is 19.6. The first kappa shape index (κ1) is 11.9. The number of thiophene rings is 1. The van der Waals surface area contributed by atoms with E-state index in [9.17, 15) is 4.79 Å². The van der Waals surface area contributed by atoms with Crippen LogP contribution in [0.15, 0.2) is 35.4 Å². The summed E-state index contributed by atoms with van der Waals surface area (Å²) >= 11 is 3.83. The zero-order valence-corrected chi connectivity index (χ0v) is 12.5. The zero-order chi connectivity index (χ0) is 12.7. The van der Waals surface area contributed by atoms with Crippen molar-refractivity contribution < 1.29 is 0 Å². The molecule has 1 N–H and O–H groups in total. The molecule has 90 valence electrons. The van der Waals surface area contributed by atoms with E-state index in [1.165, 1.54) is 26.8 Å². The molecule has 0 unspecified atom stereocenters. The summed E-state index contributed by atoms with van der Waals surface area (Å²) in [7, 11) is 0. The quantitative estimate of drug-likeness (QED) is 0.668. The topological polar surface area (TPSA) is 45.8 Å². The van der Waals surface area contributed by atoms with Crippen LogP contribution in [0.25, 0.3) is 20.7 Å². The van der Waals surface area contributed by atoms with Crippen molar-refractivity contribution in [2.24, 2.45) is 0 Å². The van der Waals surface area contributed by atoms with Gasteiger partial charge in [0.15, 0.2) is 0 Å². The highest BCUT2D eigenvalue weighted by atomic mass is 127. The molecule has 3 nitrogen and oxygen atoms in total. The van der Waals surface area contributed by atoms with Crippen LogP contribution in [-0.2, 0) is 0 Å². The van der Waals surface area contributed by atoms with E-state index in [-0.39, 0.29) is 5.56 Å². The maximum Gasteiger partial charge on any atom is 0.268 e. The first-order valence-corrected chi connectivity index (χ1v) is 7.29. The molecule has 0 saturated heterocycles. The highest BCUT2D eigenvalue weighted by Gasteiger charge is 2.11. The van der Waals surface area contributed by atoms with E-state index in [2.05, 4.69) is 51.6 Å². The van der Waals surface area contributed by atoms with Crippen LogP contribution in [0.3, 0.4) is 0 Å². The first-order chi connectivity index (χ1) is 8.66. The van der Waals surface area contributed by atoms with Gasteiger partial charge in [-0.15, -0.1) is 11.3 Å². The van der Waals surface area contributed by atoms with Crippen LogP contribution in [0, 0.1) is 10.5 Å². The van der Waals surface area contributed by atoms with E-state index in [1.807, 2.05) is 12.1 Å². The van der Waals surface area contributed by atoms with Gasteiger partial charge < -0.3 is 4.98 Å². The molecule has 0 aliphatic heterocycles. The molecule has 0 aliphatic rings. The van der Waals surface area contributed by atoms with Crippen LogP contribution in [0.5, 0.6) is 0 Å². The normalized spacial score (nSPS) is 11.0. The Morgan fingerprint density at radius 3 is 3.00 bits per heavy atom. The van der Waals surface area contributed by atoms with Crippen molar-refractivity contribution in [2.45, 2.75) is 6.92 Å². The van der Waals surface area contributed by atoms with Crippen molar-refractivity contribution in [1.82, 2.24) is 9.97 Å². The van der Waals surface area contributed by atoms with Crippen molar-refractivity contribution in [1.29, 1.82) is 0 Å². The predicted octanol–water partition coefficient (Wildman–Crippen LogP) is 3.56. The van der Waals surface area contributed by atoms with E-state index in [4.69, 9.17) is 0 Å². The second-order valence-electron chi connectivity index (χ2n) is 3.99. The van der Waals surface area contributed by atoms with Crippen LogP contribution in [-0.4, -0.2) is 9.97 Å². The predicted molar refractivity (Wildman–Crippen MR) is 83.1 cm³/mol. The molecule has 3 rings (SSSR count). The Morgan fingerprint density at radius 1 is 1.39 bits per heavy atom. The van der Waals surface area contributed by atoms with Gasteiger partial charge >= 0.3 is 0 Å². The van der Waals surface area contributed by atoms with Gasteiger partial charge in [0.1, 0.15) is 4.70 Å². The summed E-state index contributed by atoms with van der Waals surface area (Å²) < 4.78 is 1.91. The number of aryl methyl sites for hydroxylation is 1. The summed E-state index contributed by atoms with van der Waals surface area (Å²) in [5, 5.41) is 0.